The molecule has 0 radical (unpaired) electrons. The molecule has 3 aromatic rings. The Labute approximate surface area is 149 Å². The Kier molecular flexibility index (Phi) is 3.81. The van der Waals surface area contributed by atoms with Crippen molar-refractivity contribution in [3.8, 4) is 0 Å². The summed E-state index contributed by atoms with van der Waals surface area (Å²) in [5.41, 5.74) is 4.63. The van der Waals surface area contributed by atoms with E-state index in [2.05, 4.69) is 57.1 Å². The van der Waals surface area contributed by atoms with Crippen LogP contribution in [0, 0.1) is 0 Å². The number of aryl methyl sites for hydroxylation is 1. The van der Waals surface area contributed by atoms with Crippen LogP contribution >= 0.6 is 15.9 Å². The van der Waals surface area contributed by atoms with Crippen molar-refractivity contribution in [2.45, 2.75) is 13.0 Å². The molecule has 0 fully saturated rings. The van der Waals surface area contributed by atoms with E-state index in [9.17, 15) is 4.79 Å². The van der Waals surface area contributed by atoms with E-state index in [4.69, 9.17) is 0 Å². The highest BCUT2D eigenvalue weighted by molar-refractivity contribution is 9.10. The molecular weight excluding hydrogens is 366 g/mol. The molecular formula is C19H18BrN3O. The lowest BCUT2D eigenvalue weighted by molar-refractivity contribution is 0.206. The Balaban J connectivity index is 1.61. The molecule has 0 atom stereocenters. The highest BCUT2D eigenvalue weighted by atomic mass is 79.9. The van der Waals surface area contributed by atoms with Crippen LogP contribution < -0.4 is 5.32 Å². The van der Waals surface area contributed by atoms with Crippen molar-refractivity contribution >= 4 is 38.6 Å². The number of aromatic nitrogens is 1. The van der Waals surface area contributed by atoms with E-state index in [1.807, 2.05) is 29.2 Å². The number of nitrogens with one attached hydrogen (secondary N) is 1. The molecule has 4 rings (SSSR count). The van der Waals surface area contributed by atoms with Gasteiger partial charge >= 0.3 is 6.03 Å². The molecule has 1 aliphatic heterocycles. The lowest BCUT2D eigenvalue weighted by Gasteiger charge is -2.28. The van der Waals surface area contributed by atoms with Crippen molar-refractivity contribution in [3.05, 3.63) is 64.3 Å². The fraction of sp³-hybridized carbons (Fsp3) is 0.211. The summed E-state index contributed by atoms with van der Waals surface area (Å²) in [6.07, 6.45) is 0.879. The highest BCUT2D eigenvalue weighted by Gasteiger charge is 2.25. The van der Waals surface area contributed by atoms with Gasteiger partial charge in [-0.15, -0.1) is 0 Å². The minimum Gasteiger partial charge on any atom is -0.347 e. The average Bonchev–Trinajstić information content (AvgIpc) is 2.90. The molecule has 1 aromatic heterocycles. The third-order valence-corrected chi connectivity index (χ3v) is 5.41. The molecule has 24 heavy (non-hydrogen) atoms. The summed E-state index contributed by atoms with van der Waals surface area (Å²) in [6.45, 7) is 1.38. The van der Waals surface area contributed by atoms with Gasteiger partial charge in [-0.25, -0.2) is 4.79 Å². The van der Waals surface area contributed by atoms with E-state index < -0.39 is 0 Å². The van der Waals surface area contributed by atoms with E-state index in [1.54, 1.807) is 0 Å². The van der Waals surface area contributed by atoms with Gasteiger partial charge in [0.05, 0.1) is 5.69 Å². The third-order valence-electron chi connectivity index (χ3n) is 4.71. The second-order valence-electron chi connectivity index (χ2n) is 6.08. The van der Waals surface area contributed by atoms with Crippen LogP contribution in [-0.2, 0) is 20.0 Å². The van der Waals surface area contributed by atoms with Gasteiger partial charge in [0.1, 0.15) is 0 Å². The number of benzene rings is 2. The first kappa shape index (κ1) is 15.3. The molecule has 2 amide bonds. The maximum atomic E-state index is 12.7. The zero-order chi connectivity index (χ0) is 16.7. The number of urea groups is 1. The lowest BCUT2D eigenvalue weighted by Crippen LogP contribution is -2.39. The minimum atomic E-state index is -0.0551. The van der Waals surface area contributed by atoms with Crippen LogP contribution in [0.4, 0.5) is 10.5 Å². The summed E-state index contributed by atoms with van der Waals surface area (Å²) in [4.78, 5) is 14.5. The lowest BCUT2D eigenvalue weighted by atomic mass is 10.0. The number of rotatable bonds is 1. The summed E-state index contributed by atoms with van der Waals surface area (Å²) in [5.74, 6) is 0. The molecule has 5 heteroatoms. The highest BCUT2D eigenvalue weighted by Crippen LogP contribution is 2.30. The predicted molar refractivity (Wildman–Crippen MR) is 100 cm³/mol. The fourth-order valence-electron chi connectivity index (χ4n) is 3.46. The maximum absolute atomic E-state index is 12.7. The molecule has 0 unspecified atom stereocenters. The number of carbonyl (C=O) groups is 1. The number of fused-ring (bicyclic) bond motifs is 3. The fourth-order valence-corrected chi connectivity index (χ4v) is 3.84. The Morgan fingerprint density at radius 3 is 2.71 bits per heavy atom. The average molecular weight is 384 g/mol. The Hall–Kier alpha value is -2.27. The summed E-state index contributed by atoms with van der Waals surface area (Å²) in [7, 11) is 2.11. The summed E-state index contributed by atoms with van der Waals surface area (Å²) in [6, 6.07) is 16.0. The van der Waals surface area contributed by atoms with E-state index in [1.165, 1.54) is 22.2 Å². The topological polar surface area (TPSA) is 37.3 Å². The summed E-state index contributed by atoms with van der Waals surface area (Å²) >= 11 is 3.47. The third kappa shape index (κ3) is 2.49. The number of para-hydroxylation sites is 2. The van der Waals surface area contributed by atoms with Gasteiger partial charge < -0.3 is 14.8 Å². The van der Waals surface area contributed by atoms with Gasteiger partial charge in [-0.3, -0.25) is 0 Å². The normalized spacial score (nSPS) is 13.8. The molecule has 2 heterocycles. The summed E-state index contributed by atoms with van der Waals surface area (Å²) < 4.78 is 3.15. The van der Waals surface area contributed by atoms with Gasteiger partial charge in [0.25, 0.3) is 0 Å². The predicted octanol–water partition coefficient (Wildman–Crippen LogP) is 4.53. The van der Waals surface area contributed by atoms with Crippen molar-refractivity contribution < 1.29 is 4.79 Å². The zero-order valence-corrected chi connectivity index (χ0v) is 15.0. The van der Waals surface area contributed by atoms with Crippen LogP contribution in [0.5, 0.6) is 0 Å². The number of hydrogen-bond acceptors (Lipinski definition) is 1. The van der Waals surface area contributed by atoms with Crippen molar-refractivity contribution in [1.82, 2.24) is 9.47 Å². The molecule has 2 aromatic carbocycles. The van der Waals surface area contributed by atoms with Crippen LogP contribution in [0.2, 0.25) is 0 Å². The van der Waals surface area contributed by atoms with E-state index in [-0.39, 0.29) is 6.03 Å². The molecule has 0 saturated heterocycles. The first-order valence-electron chi connectivity index (χ1n) is 8.01. The van der Waals surface area contributed by atoms with Gasteiger partial charge in [-0.05, 0) is 34.1 Å². The molecule has 4 nitrogen and oxygen atoms in total. The molecule has 0 bridgehead atoms. The summed E-state index contributed by atoms with van der Waals surface area (Å²) in [5, 5.41) is 4.24. The zero-order valence-electron chi connectivity index (χ0n) is 13.4. The van der Waals surface area contributed by atoms with Crippen LogP contribution in [0.25, 0.3) is 10.9 Å². The Bertz CT molecular complexity index is 932. The van der Waals surface area contributed by atoms with Crippen molar-refractivity contribution in [1.29, 1.82) is 0 Å². The first-order valence-corrected chi connectivity index (χ1v) is 8.80. The van der Waals surface area contributed by atoms with Crippen LogP contribution in [0.1, 0.15) is 11.3 Å². The standard InChI is InChI=1S/C19H18BrN3O/c1-22-17-9-5-2-6-13(17)14-12-23(11-10-18(14)22)19(24)21-16-8-4-3-7-15(16)20/h2-9H,10-12H2,1H3,(H,21,24). The van der Waals surface area contributed by atoms with Gasteiger partial charge in [-0.2, -0.15) is 0 Å². The number of hydrogen-bond donors (Lipinski definition) is 1. The molecule has 0 aliphatic carbocycles. The van der Waals surface area contributed by atoms with E-state index in [0.717, 1.165) is 23.1 Å². The second-order valence-corrected chi connectivity index (χ2v) is 6.94. The molecule has 1 N–H and O–H groups in total. The maximum Gasteiger partial charge on any atom is 0.322 e. The minimum absolute atomic E-state index is 0.0551. The van der Waals surface area contributed by atoms with Gasteiger partial charge in [0, 0.05) is 53.2 Å². The second kappa shape index (κ2) is 5.98. The number of halogens is 1. The SMILES string of the molecule is Cn1c2c(c3ccccc31)CN(C(=O)Nc1ccccc1Br)CC2. The van der Waals surface area contributed by atoms with Gasteiger partial charge in [0.2, 0.25) is 0 Å². The van der Waals surface area contributed by atoms with Gasteiger partial charge in [0.15, 0.2) is 0 Å². The van der Waals surface area contributed by atoms with Crippen molar-refractivity contribution in [2.75, 3.05) is 11.9 Å². The number of amides is 2. The Morgan fingerprint density at radius 1 is 1.12 bits per heavy atom. The van der Waals surface area contributed by atoms with Crippen molar-refractivity contribution in [2.24, 2.45) is 7.05 Å². The first-order chi connectivity index (χ1) is 11.6. The van der Waals surface area contributed by atoms with Crippen LogP contribution in [0.15, 0.2) is 53.0 Å². The molecule has 122 valence electrons. The molecule has 0 spiro atoms. The van der Waals surface area contributed by atoms with E-state index >= 15 is 0 Å². The van der Waals surface area contributed by atoms with Gasteiger partial charge in [-0.1, -0.05) is 30.3 Å². The van der Waals surface area contributed by atoms with Crippen LogP contribution in [-0.4, -0.2) is 22.0 Å². The molecule has 0 saturated carbocycles. The number of anilines is 1. The number of carbonyl (C=O) groups excluding carboxylic acids is 1. The van der Waals surface area contributed by atoms with Crippen molar-refractivity contribution in [3.63, 3.8) is 0 Å². The van der Waals surface area contributed by atoms with E-state index in [0.29, 0.717) is 6.54 Å². The largest absolute Gasteiger partial charge is 0.347 e. The Morgan fingerprint density at radius 2 is 1.88 bits per heavy atom. The smallest absolute Gasteiger partial charge is 0.322 e. The molecule has 1 aliphatic rings. The monoisotopic (exact) mass is 383 g/mol. The quantitative estimate of drug-likeness (QED) is 0.658. The number of nitrogens with zero attached hydrogens (tertiary/aromatic N) is 2. The van der Waals surface area contributed by atoms with Crippen LogP contribution in [0.3, 0.4) is 0 Å².